The Balaban J connectivity index is 1.87. The van der Waals surface area contributed by atoms with Crippen molar-refractivity contribution in [1.82, 2.24) is 10.2 Å². The molecule has 1 N–H and O–H groups in total. The number of rotatable bonds is 3. The van der Waals surface area contributed by atoms with Gasteiger partial charge in [-0.05, 0) is 42.5 Å². The van der Waals surface area contributed by atoms with Gasteiger partial charge in [-0.15, -0.1) is 0 Å². The quantitative estimate of drug-likeness (QED) is 0.923. The third-order valence-corrected chi connectivity index (χ3v) is 4.12. The lowest BCUT2D eigenvalue weighted by molar-refractivity contribution is -0.147. The van der Waals surface area contributed by atoms with Gasteiger partial charge in [0.05, 0.1) is 6.54 Å². The molecule has 2 amide bonds. The van der Waals surface area contributed by atoms with Crippen molar-refractivity contribution >= 4 is 23.4 Å². The summed E-state index contributed by atoms with van der Waals surface area (Å²) in [5.74, 6) is -0.464. The molecular formula is C14H14ClFN2O2. The summed E-state index contributed by atoms with van der Waals surface area (Å²) in [6, 6.07) is 3.60. The van der Waals surface area contributed by atoms with Gasteiger partial charge in [0, 0.05) is 11.6 Å². The lowest BCUT2D eigenvalue weighted by Crippen LogP contribution is -2.58. The smallest absolute Gasteiger partial charge is 0.243 e. The standard InChI is InChI=1S/C14H14ClFN2O2/c15-11-4-3-10(16)5-9(11)7-18-12(19)6-17-14(20)13(18)8-1-2-8/h3-5,8,13H,1-2,6-7H2,(H,17,20). The molecule has 0 radical (unpaired) electrons. The van der Waals surface area contributed by atoms with Crippen LogP contribution in [0.2, 0.25) is 5.02 Å². The number of carbonyl (C=O) groups is 2. The molecule has 1 aliphatic carbocycles. The van der Waals surface area contributed by atoms with Crippen LogP contribution in [0.1, 0.15) is 18.4 Å². The Morgan fingerprint density at radius 2 is 2.10 bits per heavy atom. The second-order valence-electron chi connectivity index (χ2n) is 5.26. The van der Waals surface area contributed by atoms with Crippen molar-refractivity contribution < 1.29 is 14.0 Å². The normalized spacial score (nSPS) is 22.9. The topological polar surface area (TPSA) is 49.4 Å². The van der Waals surface area contributed by atoms with Crippen LogP contribution in [0.15, 0.2) is 18.2 Å². The summed E-state index contributed by atoms with van der Waals surface area (Å²) in [5, 5.41) is 3.01. The number of nitrogens with zero attached hydrogens (tertiary/aromatic N) is 1. The maximum atomic E-state index is 13.3. The Hall–Kier alpha value is -1.62. The molecule has 4 nitrogen and oxygen atoms in total. The zero-order chi connectivity index (χ0) is 14.3. The second-order valence-corrected chi connectivity index (χ2v) is 5.66. The largest absolute Gasteiger partial charge is 0.345 e. The van der Waals surface area contributed by atoms with Crippen molar-refractivity contribution in [3.63, 3.8) is 0 Å². The molecule has 3 rings (SSSR count). The number of halogens is 2. The summed E-state index contributed by atoms with van der Waals surface area (Å²) in [7, 11) is 0. The molecule has 1 saturated carbocycles. The molecule has 0 aromatic heterocycles. The predicted molar refractivity (Wildman–Crippen MR) is 71.5 cm³/mol. The highest BCUT2D eigenvalue weighted by atomic mass is 35.5. The van der Waals surface area contributed by atoms with Crippen molar-refractivity contribution in [3.05, 3.63) is 34.6 Å². The first-order valence-electron chi connectivity index (χ1n) is 6.57. The second kappa shape index (κ2) is 5.05. The van der Waals surface area contributed by atoms with E-state index < -0.39 is 11.9 Å². The molecule has 1 saturated heterocycles. The maximum Gasteiger partial charge on any atom is 0.243 e. The molecule has 0 bridgehead atoms. The third-order valence-electron chi connectivity index (χ3n) is 3.76. The monoisotopic (exact) mass is 296 g/mol. The Labute approximate surface area is 120 Å². The van der Waals surface area contributed by atoms with E-state index in [0.717, 1.165) is 12.8 Å². The maximum absolute atomic E-state index is 13.3. The molecule has 1 atom stereocenters. The highest BCUT2D eigenvalue weighted by molar-refractivity contribution is 6.31. The van der Waals surface area contributed by atoms with Crippen molar-refractivity contribution in [2.45, 2.75) is 25.4 Å². The summed E-state index contributed by atoms with van der Waals surface area (Å²) < 4.78 is 13.3. The first-order valence-corrected chi connectivity index (χ1v) is 6.95. The Kier molecular flexibility index (Phi) is 3.38. The lowest BCUT2D eigenvalue weighted by Gasteiger charge is -2.35. The number of hydrogen-bond donors (Lipinski definition) is 1. The van der Waals surface area contributed by atoms with Gasteiger partial charge < -0.3 is 10.2 Å². The van der Waals surface area contributed by atoms with E-state index >= 15 is 0 Å². The Bertz CT molecular complexity index is 574. The molecule has 1 unspecified atom stereocenters. The third kappa shape index (κ3) is 2.50. The minimum absolute atomic E-state index is 0.00497. The number of carbonyl (C=O) groups excluding carboxylic acids is 2. The molecule has 1 aromatic rings. The molecule has 2 aliphatic rings. The predicted octanol–water partition coefficient (Wildman–Crippen LogP) is 1.72. The molecule has 1 heterocycles. The van der Waals surface area contributed by atoms with Gasteiger partial charge in [-0.1, -0.05) is 11.6 Å². The molecule has 1 aromatic carbocycles. The molecule has 0 spiro atoms. The highest BCUT2D eigenvalue weighted by Gasteiger charge is 2.44. The van der Waals surface area contributed by atoms with E-state index in [4.69, 9.17) is 11.6 Å². The van der Waals surface area contributed by atoms with Crippen LogP contribution in [0.5, 0.6) is 0 Å². The van der Waals surface area contributed by atoms with Gasteiger partial charge in [0.1, 0.15) is 11.9 Å². The van der Waals surface area contributed by atoms with Crippen molar-refractivity contribution in [2.75, 3.05) is 6.54 Å². The first kappa shape index (κ1) is 13.4. The fourth-order valence-corrected chi connectivity index (χ4v) is 2.76. The van der Waals surface area contributed by atoms with Crippen molar-refractivity contribution in [3.8, 4) is 0 Å². The van der Waals surface area contributed by atoms with Gasteiger partial charge in [-0.3, -0.25) is 9.59 Å². The van der Waals surface area contributed by atoms with E-state index in [1.165, 1.54) is 23.1 Å². The molecule has 106 valence electrons. The average Bonchev–Trinajstić information content (AvgIpc) is 3.22. The zero-order valence-corrected chi connectivity index (χ0v) is 11.5. The minimum Gasteiger partial charge on any atom is -0.345 e. The van der Waals surface area contributed by atoms with E-state index in [2.05, 4.69) is 5.32 Å². The van der Waals surface area contributed by atoms with E-state index in [0.29, 0.717) is 10.6 Å². The van der Waals surface area contributed by atoms with Crippen LogP contribution in [0.4, 0.5) is 4.39 Å². The summed E-state index contributed by atoms with van der Waals surface area (Å²) in [6.07, 6.45) is 1.89. The van der Waals surface area contributed by atoms with E-state index in [-0.39, 0.29) is 30.8 Å². The van der Waals surface area contributed by atoms with E-state index in [1.54, 1.807) is 0 Å². The van der Waals surface area contributed by atoms with Gasteiger partial charge in [0.25, 0.3) is 0 Å². The zero-order valence-electron chi connectivity index (χ0n) is 10.7. The number of benzene rings is 1. The van der Waals surface area contributed by atoms with Crippen LogP contribution in [0.25, 0.3) is 0 Å². The fourth-order valence-electron chi connectivity index (χ4n) is 2.58. The highest BCUT2D eigenvalue weighted by Crippen LogP contribution is 2.37. The summed E-state index contributed by atoms with van der Waals surface area (Å²) in [4.78, 5) is 25.5. The van der Waals surface area contributed by atoms with Crippen LogP contribution in [0.3, 0.4) is 0 Å². The number of hydrogen-bond acceptors (Lipinski definition) is 2. The molecule has 1 aliphatic heterocycles. The Morgan fingerprint density at radius 3 is 2.80 bits per heavy atom. The summed E-state index contributed by atoms with van der Waals surface area (Å²) >= 11 is 6.04. The molecule has 20 heavy (non-hydrogen) atoms. The van der Waals surface area contributed by atoms with Crippen LogP contribution in [-0.4, -0.2) is 29.3 Å². The number of nitrogens with one attached hydrogen (secondary N) is 1. The van der Waals surface area contributed by atoms with Crippen molar-refractivity contribution in [2.24, 2.45) is 5.92 Å². The number of amides is 2. The van der Waals surface area contributed by atoms with Gasteiger partial charge in [0.15, 0.2) is 0 Å². The van der Waals surface area contributed by atoms with Crippen LogP contribution in [-0.2, 0) is 16.1 Å². The summed E-state index contributed by atoms with van der Waals surface area (Å²) in [6.45, 7) is 0.166. The number of piperazine rings is 1. The van der Waals surface area contributed by atoms with Gasteiger partial charge in [-0.2, -0.15) is 0 Å². The summed E-state index contributed by atoms with van der Waals surface area (Å²) in [5.41, 5.74) is 0.528. The SMILES string of the molecule is O=C1NCC(=O)N(Cc2cc(F)ccc2Cl)C1C1CC1. The van der Waals surface area contributed by atoms with Crippen LogP contribution in [0, 0.1) is 11.7 Å². The first-order chi connectivity index (χ1) is 9.56. The lowest BCUT2D eigenvalue weighted by atomic mass is 10.1. The van der Waals surface area contributed by atoms with Gasteiger partial charge in [-0.25, -0.2) is 4.39 Å². The average molecular weight is 297 g/mol. The van der Waals surface area contributed by atoms with E-state index in [9.17, 15) is 14.0 Å². The van der Waals surface area contributed by atoms with E-state index in [1.807, 2.05) is 0 Å². The minimum atomic E-state index is -0.449. The van der Waals surface area contributed by atoms with Crippen LogP contribution >= 0.6 is 11.6 Å². The van der Waals surface area contributed by atoms with Crippen molar-refractivity contribution in [1.29, 1.82) is 0 Å². The molecular weight excluding hydrogens is 283 g/mol. The molecule has 6 heteroatoms. The van der Waals surface area contributed by atoms with Crippen LogP contribution < -0.4 is 5.32 Å². The fraction of sp³-hybridized carbons (Fsp3) is 0.429. The molecule has 2 fully saturated rings. The van der Waals surface area contributed by atoms with Gasteiger partial charge in [0.2, 0.25) is 11.8 Å². The Morgan fingerprint density at radius 1 is 1.35 bits per heavy atom. The van der Waals surface area contributed by atoms with Gasteiger partial charge >= 0.3 is 0 Å².